The van der Waals surface area contributed by atoms with Crippen LogP contribution in [0.2, 0.25) is 0 Å². The Labute approximate surface area is 422 Å². The van der Waals surface area contributed by atoms with Crippen molar-refractivity contribution in [3.05, 3.63) is 226 Å². The second kappa shape index (κ2) is 23.9. The summed E-state index contributed by atoms with van der Waals surface area (Å²) in [6.45, 7) is 24.8. The fourth-order valence-corrected chi connectivity index (χ4v) is 8.17. The Kier molecular flexibility index (Phi) is 17.0. The summed E-state index contributed by atoms with van der Waals surface area (Å²) in [4.78, 5) is 42.5. The lowest BCUT2D eigenvalue weighted by molar-refractivity contribution is 1.22. The molecular formula is C62H62N10. The van der Waals surface area contributed by atoms with E-state index in [1.54, 1.807) is 37.2 Å². The number of pyridine rings is 4. The fraction of sp³-hybridized carbons (Fsp3) is 0.194. The zero-order valence-corrected chi connectivity index (χ0v) is 43.5. The van der Waals surface area contributed by atoms with Crippen LogP contribution in [0, 0.1) is 83.1 Å². The predicted molar refractivity (Wildman–Crippen MR) is 298 cm³/mol. The van der Waals surface area contributed by atoms with Crippen molar-refractivity contribution in [2.45, 2.75) is 83.1 Å². The molecule has 12 rings (SSSR count). The van der Waals surface area contributed by atoms with Gasteiger partial charge in [0.2, 0.25) is 0 Å². The van der Waals surface area contributed by atoms with Crippen LogP contribution in [0.25, 0.3) is 65.7 Å². The van der Waals surface area contributed by atoms with Gasteiger partial charge in [-0.1, -0.05) is 66.2 Å². The SMILES string of the molecule is Cc1cc2nccnc2cc1C.Cc1ccc(C)c2nccnc12.Cc1ccc(C)c2nccnc12.Cc1ccc2cnc(C)cc2c1.Cc1cccc2cncc(C)c12.Cc1ccnc2c(C)ccnc12. The van der Waals surface area contributed by atoms with Gasteiger partial charge in [-0.2, -0.15) is 0 Å². The van der Waals surface area contributed by atoms with Gasteiger partial charge >= 0.3 is 0 Å². The summed E-state index contributed by atoms with van der Waals surface area (Å²) in [7, 11) is 0. The molecule has 0 bridgehead atoms. The molecule has 10 heteroatoms. The van der Waals surface area contributed by atoms with E-state index in [-0.39, 0.29) is 0 Å². The van der Waals surface area contributed by atoms with E-state index in [1.165, 1.54) is 82.7 Å². The van der Waals surface area contributed by atoms with Gasteiger partial charge in [-0.25, -0.2) is 0 Å². The third-order valence-corrected chi connectivity index (χ3v) is 12.4. The average molecular weight is 947 g/mol. The predicted octanol–water partition coefficient (Wildman–Crippen LogP) is 14.7. The van der Waals surface area contributed by atoms with Gasteiger partial charge in [0.25, 0.3) is 0 Å². The van der Waals surface area contributed by atoms with Gasteiger partial charge in [-0.3, -0.25) is 49.8 Å². The molecule has 0 aliphatic heterocycles. The Bertz CT molecular complexity index is 3440. The first kappa shape index (κ1) is 51.4. The van der Waals surface area contributed by atoms with Crippen LogP contribution in [0.1, 0.15) is 66.9 Å². The molecule has 0 N–H and O–H groups in total. The first-order valence-corrected chi connectivity index (χ1v) is 24.0. The molecule has 72 heavy (non-hydrogen) atoms. The van der Waals surface area contributed by atoms with Crippen molar-refractivity contribution in [1.29, 1.82) is 0 Å². The first-order valence-electron chi connectivity index (χ1n) is 24.0. The summed E-state index contributed by atoms with van der Waals surface area (Å²) in [6.07, 6.45) is 19.8. The molecule has 0 spiro atoms. The number of hydrogen-bond acceptors (Lipinski definition) is 10. The largest absolute Gasteiger partial charge is 0.264 e. The van der Waals surface area contributed by atoms with E-state index in [4.69, 9.17) is 0 Å². The lowest BCUT2D eigenvalue weighted by atomic mass is 10.0. The number of benzene rings is 5. The van der Waals surface area contributed by atoms with Gasteiger partial charge in [-0.15, -0.1) is 0 Å². The van der Waals surface area contributed by atoms with Gasteiger partial charge in [0.05, 0.1) is 44.1 Å². The molecule has 360 valence electrons. The molecule has 0 fully saturated rings. The van der Waals surface area contributed by atoms with Gasteiger partial charge in [0.15, 0.2) is 0 Å². The molecule has 0 atom stereocenters. The van der Waals surface area contributed by atoms with E-state index in [2.05, 4.69) is 205 Å². The maximum Gasteiger partial charge on any atom is 0.0918 e. The number of aryl methyl sites for hydroxylation is 12. The molecule has 0 saturated carbocycles. The van der Waals surface area contributed by atoms with E-state index in [1.807, 2.05) is 50.0 Å². The summed E-state index contributed by atoms with van der Waals surface area (Å²) in [6, 6.07) is 31.2. The van der Waals surface area contributed by atoms with Crippen molar-refractivity contribution < 1.29 is 0 Å². The minimum absolute atomic E-state index is 0.973. The topological polar surface area (TPSA) is 129 Å². The lowest BCUT2D eigenvalue weighted by Gasteiger charge is -2.03. The van der Waals surface area contributed by atoms with Crippen LogP contribution >= 0.6 is 0 Å². The molecule has 7 aromatic heterocycles. The molecule has 0 radical (unpaired) electrons. The highest BCUT2D eigenvalue weighted by Gasteiger charge is 2.04. The standard InChI is InChI=1S/2C11H11N.4C10H10N2/c1-8-3-4-10-7-12-9(2)6-11(10)5-8;1-8-4-3-5-10-7-12-6-9(2)11(8)10;1-7-3-5-12-10-8(2)4-6-11-9(7)10;1-7-5-9-10(6-8(7)2)12-4-3-11-9;2*1-7-3-4-8(2)10-9(7)11-5-6-12-10/h2*3-7H,1-2H3;4*3-6H,1-2H3. The third kappa shape index (κ3) is 12.8. The Morgan fingerprint density at radius 1 is 0.264 bits per heavy atom. The second-order valence-corrected chi connectivity index (χ2v) is 18.1. The number of aromatic nitrogens is 10. The number of rotatable bonds is 0. The van der Waals surface area contributed by atoms with Crippen LogP contribution in [-0.4, -0.2) is 49.8 Å². The highest BCUT2D eigenvalue weighted by Crippen LogP contribution is 2.22. The summed E-state index contributed by atoms with van der Waals surface area (Å²) >= 11 is 0. The molecule has 0 amide bonds. The highest BCUT2D eigenvalue weighted by molar-refractivity contribution is 5.88. The maximum atomic E-state index is 4.28. The monoisotopic (exact) mass is 947 g/mol. The van der Waals surface area contributed by atoms with Crippen molar-refractivity contribution >= 4 is 65.7 Å². The molecule has 12 aromatic rings. The van der Waals surface area contributed by atoms with Crippen LogP contribution in [0.5, 0.6) is 0 Å². The minimum atomic E-state index is 0.973. The van der Waals surface area contributed by atoms with Crippen molar-refractivity contribution in [2.24, 2.45) is 0 Å². The molecule has 5 aromatic carbocycles. The van der Waals surface area contributed by atoms with Gasteiger partial charge < -0.3 is 0 Å². The quantitative estimate of drug-likeness (QED) is 0.145. The Morgan fingerprint density at radius 3 is 1.15 bits per heavy atom. The number of fused-ring (bicyclic) bond motifs is 6. The average Bonchev–Trinajstić information content (AvgIpc) is 3.38. The summed E-state index contributed by atoms with van der Waals surface area (Å²) in [5.74, 6) is 0. The highest BCUT2D eigenvalue weighted by atomic mass is 14.8. The van der Waals surface area contributed by atoms with Gasteiger partial charge in [0, 0.05) is 84.6 Å². The maximum absolute atomic E-state index is 4.28. The van der Waals surface area contributed by atoms with Crippen molar-refractivity contribution in [3.63, 3.8) is 0 Å². The minimum Gasteiger partial charge on any atom is -0.264 e. The van der Waals surface area contributed by atoms with E-state index < -0.39 is 0 Å². The summed E-state index contributed by atoms with van der Waals surface area (Å²) < 4.78 is 0. The normalized spacial score (nSPS) is 10.5. The smallest absolute Gasteiger partial charge is 0.0918 e. The summed E-state index contributed by atoms with van der Waals surface area (Å²) in [5.41, 5.74) is 22.6. The second-order valence-electron chi connectivity index (χ2n) is 18.1. The number of hydrogen-bond donors (Lipinski definition) is 0. The van der Waals surface area contributed by atoms with Gasteiger partial charge in [0.1, 0.15) is 0 Å². The van der Waals surface area contributed by atoms with Crippen LogP contribution in [0.4, 0.5) is 0 Å². The van der Waals surface area contributed by atoms with E-state index in [0.717, 1.165) is 49.8 Å². The molecule has 0 unspecified atom stereocenters. The Morgan fingerprint density at radius 2 is 0.694 bits per heavy atom. The van der Waals surface area contributed by atoms with Crippen molar-refractivity contribution in [2.75, 3.05) is 0 Å². The molecule has 0 saturated heterocycles. The Balaban J connectivity index is 0.000000127. The van der Waals surface area contributed by atoms with Crippen molar-refractivity contribution in [3.8, 4) is 0 Å². The molecule has 0 aliphatic rings. The van der Waals surface area contributed by atoms with E-state index in [9.17, 15) is 0 Å². The van der Waals surface area contributed by atoms with E-state index in [0.29, 0.717) is 0 Å². The zero-order valence-electron chi connectivity index (χ0n) is 43.5. The van der Waals surface area contributed by atoms with Crippen molar-refractivity contribution in [1.82, 2.24) is 49.8 Å². The third-order valence-electron chi connectivity index (χ3n) is 12.4. The van der Waals surface area contributed by atoms with Crippen LogP contribution in [0.3, 0.4) is 0 Å². The Hall–Kier alpha value is -8.50. The summed E-state index contributed by atoms with van der Waals surface area (Å²) in [5, 5.41) is 5.07. The van der Waals surface area contributed by atoms with Crippen LogP contribution in [-0.2, 0) is 0 Å². The molecule has 0 aliphatic carbocycles. The zero-order chi connectivity index (χ0) is 51.3. The lowest BCUT2D eigenvalue weighted by Crippen LogP contribution is -1.88. The molecule has 7 heterocycles. The molecule has 10 nitrogen and oxygen atoms in total. The molecular weight excluding hydrogens is 885 g/mol. The van der Waals surface area contributed by atoms with Crippen LogP contribution < -0.4 is 0 Å². The van der Waals surface area contributed by atoms with Gasteiger partial charge in [-0.05, 0) is 180 Å². The van der Waals surface area contributed by atoms with E-state index >= 15 is 0 Å². The van der Waals surface area contributed by atoms with Crippen LogP contribution in [0.15, 0.2) is 159 Å². The fourth-order valence-electron chi connectivity index (χ4n) is 8.17. The first-order chi connectivity index (χ1) is 34.7. The number of nitrogens with zero attached hydrogens (tertiary/aromatic N) is 10.